The molecular formula is C20H20BrN3O. The Morgan fingerprint density at radius 2 is 1.84 bits per heavy atom. The highest BCUT2D eigenvalue weighted by atomic mass is 79.9. The van der Waals surface area contributed by atoms with Gasteiger partial charge in [-0.05, 0) is 66.5 Å². The lowest BCUT2D eigenvalue weighted by atomic mass is 10.1. The molecule has 0 atom stereocenters. The molecule has 0 fully saturated rings. The quantitative estimate of drug-likeness (QED) is 0.690. The first-order valence-corrected chi connectivity index (χ1v) is 8.91. The SMILES string of the molecule is Cc1ccc(NC(=O)Cc2c(C)nn(-c3ccccc3)c2C)c(Br)c1. The maximum absolute atomic E-state index is 12.5. The lowest BCUT2D eigenvalue weighted by Gasteiger charge is -2.09. The third kappa shape index (κ3) is 3.82. The summed E-state index contributed by atoms with van der Waals surface area (Å²) in [5.41, 5.74) is 5.74. The number of amides is 1. The minimum atomic E-state index is -0.0524. The molecule has 2 aromatic carbocycles. The predicted octanol–water partition coefficient (Wildman–Crippen LogP) is 4.74. The van der Waals surface area contributed by atoms with Gasteiger partial charge in [-0.2, -0.15) is 5.10 Å². The molecule has 0 aliphatic carbocycles. The van der Waals surface area contributed by atoms with Crippen molar-refractivity contribution in [2.75, 3.05) is 5.32 Å². The lowest BCUT2D eigenvalue weighted by molar-refractivity contribution is -0.115. The lowest BCUT2D eigenvalue weighted by Crippen LogP contribution is -2.15. The molecule has 25 heavy (non-hydrogen) atoms. The summed E-state index contributed by atoms with van der Waals surface area (Å²) >= 11 is 3.49. The van der Waals surface area contributed by atoms with Crippen LogP contribution in [-0.2, 0) is 11.2 Å². The van der Waals surface area contributed by atoms with Gasteiger partial charge in [-0.25, -0.2) is 4.68 Å². The van der Waals surface area contributed by atoms with Crippen molar-refractivity contribution < 1.29 is 4.79 Å². The molecule has 0 unspecified atom stereocenters. The molecule has 3 rings (SSSR count). The first kappa shape index (κ1) is 17.4. The summed E-state index contributed by atoms with van der Waals surface area (Å²) in [6, 6.07) is 15.8. The van der Waals surface area contributed by atoms with E-state index in [-0.39, 0.29) is 5.91 Å². The van der Waals surface area contributed by atoms with Gasteiger partial charge in [-0.15, -0.1) is 0 Å². The number of anilines is 1. The monoisotopic (exact) mass is 397 g/mol. The number of hydrogen-bond acceptors (Lipinski definition) is 2. The third-order valence-corrected chi connectivity index (χ3v) is 4.83. The molecular weight excluding hydrogens is 378 g/mol. The number of nitrogens with zero attached hydrogens (tertiary/aromatic N) is 2. The fraction of sp³-hybridized carbons (Fsp3) is 0.200. The summed E-state index contributed by atoms with van der Waals surface area (Å²) in [5, 5.41) is 7.56. The van der Waals surface area contributed by atoms with Crippen molar-refractivity contribution in [1.29, 1.82) is 0 Å². The summed E-state index contributed by atoms with van der Waals surface area (Å²) in [5.74, 6) is -0.0524. The van der Waals surface area contributed by atoms with Crippen LogP contribution in [0.2, 0.25) is 0 Å². The van der Waals surface area contributed by atoms with Crippen LogP contribution in [0.5, 0.6) is 0 Å². The number of carbonyl (C=O) groups is 1. The van der Waals surface area contributed by atoms with E-state index in [1.807, 2.05) is 74.0 Å². The Kier molecular flexibility index (Phi) is 5.04. The number of aryl methyl sites for hydroxylation is 2. The van der Waals surface area contributed by atoms with Gasteiger partial charge < -0.3 is 5.32 Å². The molecule has 0 saturated heterocycles. The van der Waals surface area contributed by atoms with Crippen LogP contribution in [0.25, 0.3) is 5.69 Å². The molecule has 5 heteroatoms. The summed E-state index contributed by atoms with van der Waals surface area (Å²) in [6.07, 6.45) is 0.296. The molecule has 0 aliphatic heterocycles. The second-order valence-corrected chi connectivity index (χ2v) is 6.96. The van der Waals surface area contributed by atoms with Crippen LogP contribution in [0.1, 0.15) is 22.5 Å². The van der Waals surface area contributed by atoms with E-state index >= 15 is 0 Å². The van der Waals surface area contributed by atoms with Crippen molar-refractivity contribution in [2.24, 2.45) is 0 Å². The van der Waals surface area contributed by atoms with Crippen LogP contribution < -0.4 is 5.32 Å². The Morgan fingerprint density at radius 1 is 1.12 bits per heavy atom. The van der Waals surface area contributed by atoms with E-state index in [0.29, 0.717) is 6.42 Å². The Morgan fingerprint density at radius 3 is 2.52 bits per heavy atom. The molecule has 3 aromatic rings. The van der Waals surface area contributed by atoms with Crippen LogP contribution in [0.15, 0.2) is 53.0 Å². The molecule has 1 aromatic heterocycles. The van der Waals surface area contributed by atoms with Crippen molar-refractivity contribution >= 4 is 27.5 Å². The van der Waals surface area contributed by atoms with Gasteiger partial charge in [-0.3, -0.25) is 4.79 Å². The molecule has 1 heterocycles. The van der Waals surface area contributed by atoms with Gasteiger partial charge in [-0.1, -0.05) is 24.3 Å². The topological polar surface area (TPSA) is 46.9 Å². The number of halogens is 1. The number of carbonyl (C=O) groups excluding carboxylic acids is 1. The van der Waals surface area contributed by atoms with E-state index in [2.05, 4.69) is 26.3 Å². The molecule has 1 N–H and O–H groups in total. The van der Waals surface area contributed by atoms with Crippen LogP contribution >= 0.6 is 15.9 Å². The molecule has 0 radical (unpaired) electrons. The molecule has 128 valence electrons. The van der Waals surface area contributed by atoms with Crippen LogP contribution in [0, 0.1) is 20.8 Å². The van der Waals surface area contributed by atoms with Gasteiger partial charge in [0, 0.05) is 15.7 Å². The molecule has 0 saturated carbocycles. The first-order chi connectivity index (χ1) is 12.0. The highest BCUT2D eigenvalue weighted by molar-refractivity contribution is 9.10. The average molecular weight is 398 g/mol. The minimum absolute atomic E-state index is 0.0524. The van der Waals surface area contributed by atoms with Gasteiger partial charge >= 0.3 is 0 Å². The van der Waals surface area contributed by atoms with Gasteiger partial charge in [0.15, 0.2) is 0 Å². The Labute approximate surface area is 156 Å². The van der Waals surface area contributed by atoms with Crippen molar-refractivity contribution in [3.05, 3.63) is 75.5 Å². The maximum atomic E-state index is 12.5. The molecule has 0 bridgehead atoms. The number of benzene rings is 2. The number of nitrogens with one attached hydrogen (secondary N) is 1. The zero-order chi connectivity index (χ0) is 18.0. The first-order valence-electron chi connectivity index (χ1n) is 8.12. The summed E-state index contributed by atoms with van der Waals surface area (Å²) in [7, 11) is 0. The number of rotatable bonds is 4. The van der Waals surface area contributed by atoms with Crippen LogP contribution in [0.3, 0.4) is 0 Å². The fourth-order valence-corrected chi connectivity index (χ4v) is 3.42. The third-order valence-electron chi connectivity index (χ3n) is 4.18. The van der Waals surface area contributed by atoms with Gasteiger partial charge in [0.1, 0.15) is 0 Å². The minimum Gasteiger partial charge on any atom is -0.325 e. The molecule has 0 spiro atoms. The van der Waals surface area contributed by atoms with E-state index in [9.17, 15) is 4.79 Å². The Hall–Kier alpha value is -2.40. The molecule has 0 aliphatic rings. The van der Waals surface area contributed by atoms with E-state index in [1.165, 1.54) is 0 Å². The van der Waals surface area contributed by atoms with Crippen molar-refractivity contribution in [3.63, 3.8) is 0 Å². The Bertz CT molecular complexity index is 916. The van der Waals surface area contributed by atoms with E-state index in [1.54, 1.807) is 0 Å². The maximum Gasteiger partial charge on any atom is 0.228 e. The highest BCUT2D eigenvalue weighted by Crippen LogP contribution is 2.24. The van der Waals surface area contributed by atoms with E-state index in [4.69, 9.17) is 0 Å². The normalized spacial score (nSPS) is 10.7. The Balaban J connectivity index is 1.81. The predicted molar refractivity (Wildman–Crippen MR) is 104 cm³/mol. The van der Waals surface area contributed by atoms with Crippen molar-refractivity contribution in [2.45, 2.75) is 27.2 Å². The second-order valence-electron chi connectivity index (χ2n) is 6.10. The number of para-hydroxylation sites is 1. The van der Waals surface area contributed by atoms with Crippen LogP contribution in [-0.4, -0.2) is 15.7 Å². The number of aromatic nitrogens is 2. The highest BCUT2D eigenvalue weighted by Gasteiger charge is 2.16. The second kappa shape index (κ2) is 7.23. The van der Waals surface area contributed by atoms with Gasteiger partial charge in [0.05, 0.1) is 23.5 Å². The standard InChI is InChI=1S/C20H20BrN3O/c1-13-9-10-19(18(21)11-13)22-20(25)12-17-14(2)23-24(15(17)3)16-7-5-4-6-8-16/h4-11H,12H2,1-3H3,(H,22,25). The zero-order valence-electron chi connectivity index (χ0n) is 14.5. The van der Waals surface area contributed by atoms with Crippen molar-refractivity contribution in [3.8, 4) is 5.69 Å². The molecule has 1 amide bonds. The average Bonchev–Trinajstić information content (AvgIpc) is 2.86. The summed E-state index contributed by atoms with van der Waals surface area (Å²) in [6.45, 7) is 5.95. The smallest absolute Gasteiger partial charge is 0.228 e. The van der Waals surface area contributed by atoms with Crippen LogP contribution in [0.4, 0.5) is 5.69 Å². The van der Waals surface area contributed by atoms with Gasteiger partial charge in [0.2, 0.25) is 5.91 Å². The summed E-state index contributed by atoms with van der Waals surface area (Å²) < 4.78 is 2.77. The van der Waals surface area contributed by atoms with E-state index < -0.39 is 0 Å². The zero-order valence-corrected chi connectivity index (χ0v) is 16.1. The fourth-order valence-electron chi connectivity index (χ4n) is 2.83. The van der Waals surface area contributed by atoms with Crippen molar-refractivity contribution in [1.82, 2.24) is 9.78 Å². The molecule has 4 nitrogen and oxygen atoms in total. The largest absolute Gasteiger partial charge is 0.325 e. The van der Waals surface area contributed by atoms with Gasteiger partial charge in [0.25, 0.3) is 0 Å². The summed E-state index contributed by atoms with van der Waals surface area (Å²) in [4.78, 5) is 12.5. The number of hydrogen-bond donors (Lipinski definition) is 1. The van der Waals surface area contributed by atoms with E-state index in [0.717, 1.165) is 38.4 Å².